The van der Waals surface area contributed by atoms with Crippen molar-refractivity contribution >= 4 is 5.91 Å². The normalized spacial score (nSPS) is 10.4. The summed E-state index contributed by atoms with van der Waals surface area (Å²) in [5, 5.41) is 10.4. The Morgan fingerprint density at radius 2 is 2.05 bits per heavy atom. The van der Waals surface area contributed by atoms with Crippen molar-refractivity contribution in [2.45, 2.75) is 6.92 Å². The van der Waals surface area contributed by atoms with E-state index in [1.54, 1.807) is 38.3 Å². The first-order valence-corrected chi connectivity index (χ1v) is 6.48. The molecule has 1 N–H and O–H groups in total. The molecule has 0 spiro atoms. The van der Waals surface area contributed by atoms with E-state index in [2.05, 4.69) is 15.5 Å². The van der Waals surface area contributed by atoms with Gasteiger partial charge in [0.05, 0.1) is 6.61 Å². The molecule has 21 heavy (non-hydrogen) atoms. The Morgan fingerprint density at radius 1 is 1.29 bits per heavy atom. The third-order valence-corrected chi connectivity index (χ3v) is 2.63. The lowest BCUT2D eigenvalue weighted by Crippen LogP contribution is -2.31. The fourth-order valence-corrected chi connectivity index (χ4v) is 1.60. The molecule has 1 aromatic heterocycles. The van der Waals surface area contributed by atoms with E-state index in [1.807, 2.05) is 0 Å². The molecule has 0 radical (unpaired) electrons. The zero-order chi connectivity index (χ0) is 15.1. The number of nitrogens with one attached hydrogen (secondary N) is 1. The number of methoxy groups -OCH3 is 1. The Morgan fingerprint density at radius 3 is 2.67 bits per heavy atom. The van der Waals surface area contributed by atoms with Crippen LogP contribution in [0.2, 0.25) is 0 Å². The minimum atomic E-state index is -0.191. The maximum absolute atomic E-state index is 11.5. The Labute approximate surface area is 122 Å². The van der Waals surface area contributed by atoms with Crippen LogP contribution < -0.4 is 10.1 Å². The number of benzene rings is 1. The van der Waals surface area contributed by atoms with Gasteiger partial charge in [0.15, 0.2) is 6.61 Å². The Kier molecular flexibility index (Phi) is 5.28. The van der Waals surface area contributed by atoms with Crippen molar-refractivity contribution in [2.75, 3.05) is 26.9 Å². The zero-order valence-corrected chi connectivity index (χ0v) is 12.0. The lowest BCUT2D eigenvalue weighted by Gasteiger charge is -2.07. The highest BCUT2D eigenvalue weighted by molar-refractivity contribution is 5.77. The number of carbonyl (C=O) groups excluding carboxylic acids is 1. The average Bonchev–Trinajstić information content (AvgIpc) is 2.92. The molecule has 0 aliphatic carbocycles. The van der Waals surface area contributed by atoms with E-state index in [-0.39, 0.29) is 12.5 Å². The number of aryl methyl sites for hydroxylation is 1. The molecule has 0 saturated heterocycles. The first-order valence-electron chi connectivity index (χ1n) is 6.48. The van der Waals surface area contributed by atoms with Crippen molar-refractivity contribution in [1.29, 1.82) is 0 Å². The molecule has 2 aromatic rings. The smallest absolute Gasteiger partial charge is 0.258 e. The molecular weight excluding hydrogens is 274 g/mol. The number of aromatic nitrogens is 2. The van der Waals surface area contributed by atoms with Crippen molar-refractivity contribution in [2.24, 2.45) is 0 Å². The lowest BCUT2D eigenvalue weighted by atomic mass is 10.2. The van der Waals surface area contributed by atoms with Gasteiger partial charge in [-0.05, 0) is 24.3 Å². The number of amides is 1. The summed E-state index contributed by atoms with van der Waals surface area (Å²) in [6.45, 7) is 2.64. The standard InChI is InChI=1S/C14H17N3O4/c1-10-16-17-14(21-10)11-3-5-12(6-4-11)20-9-13(18)15-7-8-19-2/h3-6H,7-9H2,1-2H3,(H,15,18). The van der Waals surface area contributed by atoms with Gasteiger partial charge in [0.25, 0.3) is 5.91 Å². The van der Waals surface area contributed by atoms with Crippen molar-refractivity contribution in [3.63, 3.8) is 0 Å². The summed E-state index contributed by atoms with van der Waals surface area (Å²) in [7, 11) is 1.58. The summed E-state index contributed by atoms with van der Waals surface area (Å²) in [6.07, 6.45) is 0. The predicted molar refractivity (Wildman–Crippen MR) is 74.9 cm³/mol. The molecule has 7 nitrogen and oxygen atoms in total. The van der Waals surface area contributed by atoms with Crippen LogP contribution in [0.5, 0.6) is 5.75 Å². The molecule has 0 unspecified atom stereocenters. The van der Waals surface area contributed by atoms with Crippen LogP contribution in [0.3, 0.4) is 0 Å². The minimum Gasteiger partial charge on any atom is -0.484 e. The SMILES string of the molecule is COCCNC(=O)COc1ccc(-c2nnc(C)o2)cc1. The van der Waals surface area contributed by atoms with Gasteiger partial charge in [-0.25, -0.2) is 0 Å². The summed E-state index contributed by atoms with van der Waals surface area (Å²) < 4.78 is 15.5. The molecule has 0 fully saturated rings. The van der Waals surface area contributed by atoms with E-state index in [0.29, 0.717) is 30.7 Å². The Hall–Kier alpha value is -2.41. The van der Waals surface area contributed by atoms with E-state index in [9.17, 15) is 4.79 Å². The van der Waals surface area contributed by atoms with Crippen LogP contribution in [0.4, 0.5) is 0 Å². The Balaban J connectivity index is 1.84. The summed E-state index contributed by atoms with van der Waals surface area (Å²) >= 11 is 0. The molecule has 0 saturated carbocycles. The topological polar surface area (TPSA) is 86.5 Å². The maximum atomic E-state index is 11.5. The Bertz CT molecular complexity index is 580. The number of hydrogen-bond acceptors (Lipinski definition) is 6. The number of carbonyl (C=O) groups is 1. The molecule has 7 heteroatoms. The van der Waals surface area contributed by atoms with Crippen molar-refractivity contribution in [3.8, 4) is 17.2 Å². The maximum Gasteiger partial charge on any atom is 0.258 e. The van der Waals surface area contributed by atoms with Crippen LogP contribution >= 0.6 is 0 Å². The van der Waals surface area contributed by atoms with Gasteiger partial charge in [-0.15, -0.1) is 10.2 Å². The van der Waals surface area contributed by atoms with Gasteiger partial charge in [-0.2, -0.15) is 0 Å². The summed E-state index contributed by atoms with van der Waals surface area (Å²) in [4.78, 5) is 11.5. The molecule has 2 rings (SSSR count). The van der Waals surface area contributed by atoms with E-state index >= 15 is 0 Å². The van der Waals surface area contributed by atoms with Crippen molar-refractivity contribution in [3.05, 3.63) is 30.2 Å². The molecule has 0 aliphatic heterocycles. The molecular formula is C14H17N3O4. The molecule has 1 heterocycles. The molecule has 0 bridgehead atoms. The average molecular weight is 291 g/mol. The van der Waals surface area contributed by atoms with E-state index in [0.717, 1.165) is 5.56 Å². The second kappa shape index (κ2) is 7.39. The molecule has 1 amide bonds. The molecule has 112 valence electrons. The predicted octanol–water partition coefficient (Wildman–Crippen LogP) is 1.19. The second-order valence-electron chi connectivity index (χ2n) is 4.28. The van der Waals surface area contributed by atoms with Gasteiger partial charge in [0.1, 0.15) is 5.75 Å². The molecule has 1 aromatic carbocycles. The monoisotopic (exact) mass is 291 g/mol. The fraction of sp³-hybridized carbons (Fsp3) is 0.357. The van der Waals surface area contributed by atoms with Gasteiger partial charge in [0, 0.05) is 26.1 Å². The minimum absolute atomic E-state index is 0.0390. The van der Waals surface area contributed by atoms with Crippen LogP contribution in [0, 0.1) is 6.92 Å². The number of hydrogen-bond donors (Lipinski definition) is 1. The second-order valence-corrected chi connectivity index (χ2v) is 4.28. The third kappa shape index (κ3) is 4.57. The molecule has 0 aliphatic rings. The summed E-state index contributed by atoms with van der Waals surface area (Å²) in [6, 6.07) is 7.09. The van der Waals surface area contributed by atoms with E-state index in [4.69, 9.17) is 13.9 Å². The zero-order valence-electron chi connectivity index (χ0n) is 12.0. The van der Waals surface area contributed by atoms with Crippen LogP contribution in [-0.2, 0) is 9.53 Å². The third-order valence-electron chi connectivity index (χ3n) is 2.63. The van der Waals surface area contributed by atoms with Crippen LogP contribution in [0.1, 0.15) is 5.89 Å². The van der Waals surface area contributed by atoms with Crippen molar-refractivity contribution < 1.29 is 18.7 Å². The van der Waals surface area contributed by atoms with Gasteiger partial charge < -0.3 is 19.2 Å². The largest absolute Gasteiger partial charge is 0.484 e. The number of ether oxygens (including phenoxy) is 2. The van der Waals surface area contributed by atoms with Crippen LogP contribution in [-0.4, -0.2) is 43.0 Å². The van der Waals surface area contributed by atoms with Gasteiger partial charge in [0.2, 0.25) is 11.8 Å². The number of nitrogens with zero attached hydrogens (tertiary/aromatic N) is 2. The van der Waals surface area contributed by atoms with Gasteiger partial charge in [-0.1, -0.05) is 0 Å². The fourth-order valence-electron chi connectivity index (χ4n) is 1.60. The van der Waals surface area contributed by atoms with Gasteiger partial charge >= 0.3 is 0 Å². The van der Waals surface area contributed by atoms with E-state index < -0.39 is 0 Å². The quantitative estimate of drug-likeness (QED) is 0.771. The molecule has 0 atom stereocenters. The highest BCUT2D eigenvalue weighted by Crippen LogP contribution is 2.20. The highest BCUT2D eigenvalue weighted by Gasteiger charge is 2.06. The first kappa shape index (κ1) is 15.0. The lowest BCUT2D eigenvalue weighted by molar-refractivity contribution is -0.123. The first-order chi connectivity index (χ1) is 10.2. The van der Waals surface area contributed by atoms with Crippen LogP contribution in [0.25, 0.3) is 11.5 Å². The van der Waals surface area contributed by atoms with Crippen LogP contribution in [0.15, 0.2) is 28.7 Å². The van der Waals surface area contributed by atoms with Crippen molar-refractivity contribution in [1.82, 2.24) is 15.5 Å². The summed E-state index contributed by atoms with van der Waals surface area (Å²) in [5.74, 6) is 1.37. The summed E-state index contributed by atoms with van der Waals surface area (Å²) in [5.41, 5.74) is 0.799. The number of rotatable bonds is 7. The van der Waals surface area contributed by atoms with E-state index in [1.165, 1.54) is 0 Å². The highest BCUT2D eigenvalue weighted by atomic mass is 16.5. The van der Waals surface area contributed by atoms with Gasteiger partial charge in [-0.3, -0.25) is 4.79 Å².